The molecule has 0 rings (SSSR count). The van der Waals surface area contributed by atoms with Crippen LogP contribution in [-0.4, -0.2) is 74.9 Å². The number of ether oxygens (including phenoxy) is 2. The summed E-state index contributed by atoms with van der Waals surface area (Å²) >= 11 is 0. The Morgan fingerprint density at radius 3 is 1.81 bits per heavy atom. The SMILES string of the molecule is CCCCCCCC/C=C\CCCCCCCCCC(=O)OC(COC(=O)CCC)COP(=O)(O)OCC[N+](C)(C)C. The molecule has 10 heteroatoms. The second-order valence-electron chi connectivity index (χ2n) is 12.2. The maximum absolute atomic E-state index is 12.4. The number of nitrogens with zero attached hydrogens (tertiary/aromatic N) is 1. The van der Waals surface area contributed by atoms with Gasteiger partial charge in [0.25, 0.3) is 0 Å². The molecule has 42 heavy (non-hydrogen) atoms. The van der Waals surface area contributed by atoms with Gasteiger partial charge in [0.1, 0.15) is 19.8 Å². The van der Waals surface area contributed by atoms with Crippen molar-refractivity contribution in [3.63, 3.8) is 0 Å². The van der Waals surface area contributed by atoms with Crippen LogP contribution in [0.3, 0.4) is 0 Å². The third-order valence-corrected chi connectivity index (χ3v) is 7.75. The molecule has 0 radical (unpaired) electrons. The molecule has 248 valence electrons. The molecule has 2 unspecified atom stereocenters. The van der Waals surface area contributed by atoms with Crippen LogP contribution in [0.5, 0.6) is 0 Å². The third kappa shape index (κ3) is 28.9. The summed E-state index contributed by atoms with van der Waals surface area (Å²) in [6, 6.07) is 0. The molecule has 2 atom stereocenters. The van der Waals surface area contributed by atoms with E-state index in [2.05, 4.69) is 19.1 Å². The number of phosphoric ester groups is 1. The van der Waals surface area contributed by atoms with E-state index in [0.717, 1.165) is 25.7 Å². The maximum atomic E-state index is 12.4. The van der Waals surface area contributed by atoms with E-state index >= 15 is 0 Å². The fraction of sp³-hybridized carbons (Fsp3) is 0.875. The summed E-state index contributed by atoms with van der Waals surface area (Å²) in [5.74, 6) is -0.865. The molecule has 0 saturated carbocycles. The summed E-state index contributed by atoms with van der Waals surface area (Å²) in [7, 11) is 1.47. The highest BCUT2D eigenvalue weighted by molar-refractivity contribution is 7.47. The van der Waals surface area contributed by atoms with Crippen molar-refractivity contribution >= 4 is 19.8 Å². The van der Waals surface area contributed by atoms with E-state index in [1.54, 1.807) is 0 Å². The van der Waals surface area contributed by atoms with Gasteiger partial charge >= 0.3 is 19.8 Å². The summed E-state index contributed by atoms with van der Waals surface area (Å²) in [5.41, 5.74) is 0. The Hall–Kier alpha value is -1.25. The van der Waals surface area contributed by atoms with Crippen molar-refractivity contribution in [3.05, 3.63) is 12.2 Å². The van der Waals surface area contributed by atoms with Gasteiger partial charge in [-0.1, -0.05) is 90.2 Å². The number of quaternary nitrogens is 1. The van der Waals surface area contributed by atoms with Crippen molar-refractivity contribution in [2.24, 2.45) is 0 Å². The summed E-state index contributed by atoms with van der Waals surface area (Å²) in [5, 5.41) is 0. The number of esters is 2. The predicted octanol–water partition coefficient (Wildman–Crippen LogP) is 7.90. The maximum Gasteiger partial charge on any atom is 0.472 e. The van der Waals surface area contributed by atoms with Gasteiger partial charge in [-0.3, -0.25) is 18.6 Å². The Morgan fingerprint density at radius 1 is 0.714 bits per heavy atom. The monoisotopic (exact) mass is 620 g/mol. The molecule has 0 aromatic rings. The van der Waals surface area contributed by atoms with Gasteiger partial charge < -0.3 is 18.9 Å². The van der Waals surface area contributed by atoms with Crippen LogP contribution < -0.4 is 0 Å². The van der Waals surface area contributed by atoms with Crippen LogP contribution in [0.2, 0.25) is 0 Å². The number of phosphoric acid groups is 1. The Bertz CT molecular complexity index is 753. The number of carbonyl (C=O) groups excluding carboxylic acids is 2. The second kappa shape index (κ2) is 26.2. The molecule has 0 amide bonds. The van der Waals surface area contributed by atoms with Gasteiger partial charge in [-0.25, -0.2) is 4.57 Å². The van der Waals surface area contributed by atoms with Gasteiger partial charge in [-0.15, -0.1) is 0 Å². The molecule has 0 fully saturated rings. The van der Waals surface area contributed by atoms with Crippen LogP contribution in [0, 0.1) is 0 Å². The number of allylic oxidation sites excluding steroid dienone is 2. The smallest absolute Gasteiger partial charge is 0.462 e. The van der Waals surface area contributed by atoms with E-state index in [-0.39, 0.29) is 26.1 Å². The quantitative estimate of drug-likeness (QED) is 0.0296. The molecule has 0 aromatic heterocycles. The molecule has 0 aliphatic rings. The van der Waals surface area contributed by atoms with Gasteiger partial charge in [0.15, 0.2) is 6.10 Å². The topological polar surface area (TPSA) is 108 Å². The van der Waals surface area contributed by atoms with Crippen LogP contribution in [0.15, 0.2) is 12.2 Å². The number of hydrogen-bond acceptors (Lipinski definition) is 7. The second-order valence-corrected chi connectivity index (χ2v) is 13.7. The molecule has 1 N–H and O–H groups in total. The Kier molecular flexibility index (Phi) is 25.4. The van der Waals surface area contributed by atoms with Gasteiger partial charge in [-0.05, 0) is 38.5 Å². The zero-order valence-corrected chi connectivity index (χ0v) is 28.4. The van der Waals surface area contributed by atoms with Crippen molar-refractivity contribution < 1.29 is 42.1 Å². The predicted molar refractivity (Wildman–Crippen MR) is 169 cm³/mol. The van der Waals surface area contributed by atoms with Crippen LogP contribution in [0.4, 0.5) is 0 Å². The lowest BCUT2D eigenvalue weighted by Crippen LogP contribution is -2.37. The zero-order valence-electron chi connectivity index (χ0n) is 27.5. The molecule has 0 heterocycles. The summed E-state index contributed by atoms with van der Waals surface area (Å²) < 4.78 is 33.4. The first-order chi connectivity index (χ1) is 20.0. The molecular weight excluding hydrogens is 557 g/mol. The Morgan fingerprint density at radius 2 is 1.26 bits per heavy atom. The van der Waals surface area contributed by atoms with E-state index in [1.807, 2.05) is 28.1 Å². The highest BCUT2D eigenvalue weighted by Crippen LogP contribution is 2.43. The third-order valence-electron chi connectivity index (χ3n) is 6.77. The zero-order chi connectivity index (χ0) is 31.5. The molecule has 0 saturated heterocycles. The lowest BCUT2D eigenvalue weighted by Gasteiger charge is -2.24. The van der Waals surface area contributed by atoms with Crippen molar-refractivity contribution in [1.29, 1.82) is 0 Å². The number of rotatable bonds is 29. The van der Waals surface area contributed by atoms with Gasteiger partial charge in [0, 0.05) is 12.8 Å². The van der Waals surface area contributed by atoms with E-state index in [0.29, 0.717) is 23.9 Å². The molecule has 0 aliphatic heterocycles. The van der Waals surface area contributed by atoms with Gasteiger partial charge in [0.2, 0.25) is 0 Å². The van der Waals surface area contributed by atoms with E-state index < -0.39 is 32.5 Å². The first-order valence-electron chi connectivity index (χ1n) is 16.4. The molecule has 0 aromatic carbocycles. The van der Waals surface area contributed by atoms with Gasteiger partial charge in [0.05, 0.1) is 27.7 Å². The van der Waals surface area contributed by atoms with Crippen LogP contribution in [-0.2, 0) is 32.7 Å². The summed E-state index contributed by atoms with van der Waals surface area (Å²) in [6.07, 6.45) is 22.8. The van der Waals surface area contributed by atoms with Crippen molar-refractivity contribution in [2.45, 2.75) is 136 Å². The minimum atomic E-state index is -4.34. The lowest BCUT2D eigenvalue weighted by atomic mass is 10.1. The van der Waals surface area contributed by atoms with Crippen LogP contribution in [0.25, 0.3) is 0 Å². The highest BCUT2D eigenvalue weighted by atomic mass is 31.2. The molecular formula is C32H63NO8P+. The van der Waals surface area contributed by atoms with Crippen molar-refractivity contribution in [2.75, 3.05) is 47.5 Å². The number of unbranched alkanes of at least 4 members (excludes halogenated alkanes) is 13. The Labute approximate surface area is 256 Å². The van der Waals surface area contributed by atoms with Gasteiger partial charge in [-0.2, -0.15) is 0 Å². The number of hydrogen-bond donors (Lipinski definition) is 1. The fourth-order valence-electron chi connectivity index (χ4n) is 4.16. The first-order valence-corrected chi connectivity index (χ1v) is 17.9. The Balaban J connectivity index is 4.13. The first kappa shape index (κ1) is 40.8. The van der Waals surface area contributed by atoms with Crippen LogP contribution >= 0.6 is 7.82 Å². The lowest BCUT2D eigenvalue weighted by molar-refractivity contribution is -0.870. The molecule has 0 bridgehead atoms. The molecule has 0 spiro atoms. The van der Waals surface area contributed by atoms with Crippen molar-refractivity contribution in [1.82, 2.24) is 0 Å². The standard InChI is InChI=1S/C32H62NO8P/c1-6-8-9-10-11-12-13-14-15-16-17-18-19-20-21-22-23-25-32(35)41-30(28-38-31(34)24-7-2)29-40-42(36,37)39-27-26-33(3,4)5/h14-15,30H,6-13,16-29H2,1-5H3/p+1/b15-14-. The average Bonchev–Trinajstić information content (AvgIpc) is 2.91. The minimum Gasteiger partial charge on any atom is -0.462 e. The summed E-state index contributed by atoms with van der Waals surface area (Å²) in [6.45, 7) is 4.01. The van der Waals surface area contributed by atoms with E-state index in [9.17, 15) is 19.0 Å². The number of carbonyl (C=O) groups is 2. The van der Waals surface area contributed by atoms with E-state index in [1.165, 1.54) is 64.2 Å². The number of likely N-dealkylation sites (N-methyl/N-ethyl adjacent to an activating group) is 1. The van der Waals surface area contributed by atoms with Crippen molar-refractivity contribution in [3.8, 4) is 0 Å². The molecule has 0 aliphatic carbocycles. The van der Waals surface area contributed by atoms with E-state index in [4.69, 9.17) is 18.5 Å². The largest absolute Gasteiger partial charge is 0.472 e. The van der Waals surface area contributed by atoms with Crippen LogP contribution in [0.1, 0.15) is 129 Å². The molecule has 9 nitrogen and oxygen atoms in total. The fourth-order valence-corrected chi connectivity index (χ4v) is 4.90. The minimum absolute atomic E-state index is 0.0313. The highest BCUT2D eigenvalue weighted by Gasteiger charge is 2.26. The summed E-state index contributed by atoms with van der Waals surface area (Å²) in [4.78, 5) is 34.2. The average molecular weight is 621 g/mol. The normalized spacial score (nSPS) is 14.1.